The number of para-hydroxylation sites is 1. The minimum atomic E-state index is -0.676. The summed E-state index contributed by atoms with van der Waals surface area (Å²) in [6, 6.07) is 20.6. The Hall–Kier alpha value is -3.67. The molecule has 0 saturated carbocycles. The second-order valence-corrected chi connectivity index (χ2v) is 7.77. The van der Waals surface area contributed by atoms with E-state index < -0.39 is 6.04 Å². The number of carbonyl (C=O) groups excluding carboxylic acids is 1. The maximum Gasteiger partial charge on any atom is 0.253 e. The van der Waals surface area contributed by atoms with E-state index in [-0.39, 0.29) is 11.5 Å². The van der Waals surface area contributed by atoms with E-state index in [0.717, 1.165) is 34.3 Å². The molecule has 2 heterocycles. The Morgan fingerprint density at radius 3 is 2.35 bits per heavy atom. The van der Waals surface area contributed by atoms with Crippen molar-refractivity contribution in [1.82, 2.24) is 19.7 Å². The van der Waals surface area contributed by atoms with Crippen molar-refractivity contribution in [2.75, 3.05) is 6.54 Å². The lowest BCUT2D eigenvalue weighted by atomic mass is 10.1. The smallest absolute Gasteiger partial charge is 0.253 e. The number of nitrogens with one attached hydrogen (secondary N) is 1. The summed E-state index contributed by atoms with van der Waals surface area (Å²) >= 11 is 0. The molecule has 6 heteroatoms. The molecule has 158 valence electrons. The van der Waals surface area contributed by atoms with Crippen LogP contribution in [0.4, 0.5) is 0 Å². The number of amides is 1. The second kappa shape index (κ2) is 8.60. The third-order valence-electron chi connectivity index (χ3n) is 5.56. The third-order valence-corrected chi connectivity index (χ3v) is 5.56. The summed E-state index contributed by atoms with van der Waals surface area (Å²) in [6.07, 6.45) is 0.735. The molecular weight excluding hydrogens is 388 g/mol. The first kappa shape index (κ1) is 20.6. The molecule has 0 aliphatic heterocycles. The van der Waals surface area contributed by atoms with Gasteiger partial charge in [0.25, 0.3) is 5.56 Å². The van der Waals surface area contributed by atoms with Crippen LogP contribution in [0.2, 0.25) is 0 Å². The number of fused-ring (bicyclic) bond motifs is 1. The third kappa shape index (κ3) is 4.01. The first-order valence-electron chi connectivity index (χ1n) is 10.5. The molecule has 0 fully saturated rings. The highest BCUT2D eigenvalue weighted by molar-refractivity contribution is 5.87. The van der Waals surface area contributed by atoms with Crippen LogP contribution < -0.4 is 10.9 Å². The average molecular weight is 415 g/mol. The zero-order chi connectivity index (χ0) is 22.0. The van der Waals surface area contributed by atoms with Gasteiger partial charge in [-0.1, -0.05) is 48.5 Å². The van der Waals surface area contributed by atoms with Gasteiger partial charge in [-0.15, -0.1) is 0 Å². The minimum absolute atomic E-state index is 0.193. The molecule has 0 aliphatic carbocycles. The molecular formula is C25H26N4O2. The van der Waals surface area contributed by atoms with Crippen molar-refractivity contribution in [3.63, 3.8) is 0 Å². The molecule has 0 saturated heterocycles. The molecule has 0 spiro atoms. The number of benzene rings is 2. The van der Waals surface area contributed by atoms with Gasteiger partial charge in [-0.05, 0) is 50.5 Å². The van der Waals surface area contributed by atoms with Crippen molar-refractivity contribution in [2.45, 2.75) is 33.2 Å². The van der Waals surface area contributed by atoms with Crippen LogP contribution in [0, 0.1) is 13.8 Å². The van der Waals surface area contributed by atoms with Crippen molar-refractivity contribution in [2.24, 2.45) is 0 Å². The van der Waals surface area contributed by atoms with E-state index in [1.54, 1.807) is 22.2 Å². The Morgan fingerprint density at radius 2 is 1.68 bits per heavy atom. The van der Waals surface area contributed by atoms with Gasteiger partial charge < -0.3 is 5.32 Å². The average Bonchev–Trinajstić information content (AvgIpc) is 3.12. The van der Waals surface area contributed by atoms with Crippen LogP contribution in [0.5, 0.6) is 0 Å². The number of nitrogens with zero attached hydrogens (tertiary/aromatic N) is 3. The summed E-state index contributed by atoms with van der Waals surface area (Å²) in [5, 5.41) is 8.56. The Bertz CT molecular complexity index is 1270. The number of rotatable bonds is 6. The fraction of sp³-hybridized carbons (Fsp3) is 0.240. The standard InChI is InChI=1S/C25H26N4O2/c1-17-16-22(30)28(19(3)24(31)26-15-14-20-10-6-4-7-11-20)25-23(17)18(2)27-29(25)21-12-8-5-9-13-21/h4-13,16,19H,14-15H2,1-3H3,(H,26,31). The molecule has 1 unspecified atom stereocenters. The zero-order valence-corrected chi connectivity index (χ0v) is 18.0. The van der Waals surface area contributed by atoms with E-state index in [1.165, 1.54) is 0 Å². The zero-order valence-electron chi connectivity index (χ0n) is 18.0. The number of pyridine rings is 1. The van der Waals surface area contributed by atoms with E-state index >= 15 is 0 Å². The van der Waals surface area contributed by atoms with E-state index in [2.05, 4.69) is 5.32 Å². The van der Waals surface area contributed by atoms with Crippen molar-refractivity contribution in [1.29, 1.82) is 0 Å². The fourth-order valence-corrected chi connectivity index (χ4v) is 3.99. The molecule has 4 rings (SSSR count). The molecule has 0 radical (unpaired) electrons. The lowest BCUT2D eigenvalue weighted by molar-refractivity contribution is -0.123. The molecule has 0 bridgehead atoms. The molecule has 1 amide bonds. The molecule has 6 nitrogen and oxygen atoms in total. The summed E-state index contributed by atoms with van der Waals surface area (Å²) in [5.41, 5.74) is 4.10. The van der Waals surface area contributed by atoms with Crippen LogP contribution in [0.15, 0.2) is 71.5 Å². The Labute approximate surface area is 181 Å². The molecule has 4 aromatic rings. The number of hydrogen-bond acceptors (Lipinski definition) is 3. The molecule has 1 N–H and O–H groups in total. The predicted octanol–water partition coefficient (Wildman–Crippen LogP) is 3.72. The SMILES string of the molecule is Cc1cc(=O)n(C(C)C(=O)NCCc2ccccc2)c2c1c(C)nn2-c1ccccc1. The molecule has 0 aliphatic rings. The quantitative estimate of drug-likeness (QED) is 0.523. The van der Waals surface area contributed by atoms with E-state index in [0.29, 0.717) is 12.2 Å². The van der Waals surface area contributed by atoms with Gasteiger partial charge in [0.2, 0.25) is 5.91 Å². The fourth-order valence-electron chi connectivity index (χ4n) is 3.99. The van der Waals surface area contributed by atoms with Crippen LogP contribution >= 0.6 is 0 Å². The summed E-state index contributed by atoms with van der Waals surface area (Å²) in [7, 11) is 0. The first-order chi connectivity index (χ1) is 15.0. The monoisotopic (exact) mass is 414 g/mol. The summed E-state index contributed by atoms with van der Waals surface area (Å²) < 4.78 is 3.31. The van der Waals surface area contributed by atoms with Crippen LogP contribution in [0.1, 0.15) is 29.8 Å². The van der Waals surface area contributed by atoms with Crippen LogP contribution in [0.25, 0.3) is 16.7 Å². The molecule has 31 heavy (non-hydrogen) atoms. The van der Waals surface area contributed by atoms with Crippen LogP contribution in [0.3, 0.4) is 0 Å². The maximum atomic E-state index is 13.0. The first-order valence-corrected chi connectivity index (χ1v) is 10.5. The van der Waals surface area contributed by atoms with Gasteiger partial charge in [0.1, 0.15) is 11.7 Å². The van der Waals surface area contributed by atoms with Crippen molar-refractivity contribution in [3.8, 4) is 5.69 Å². The van der Waals surface area contributed by atoms with Gasteiger partial charge in [0.15, 0.2) is 0 Å². The molecule has 1 atom stereocenters. The Kier molecular flexibility index (Phi) is 5.71. The van der Waals surface area contributed by atoms with Gasteiger partial charge in [-0.3, -0.25) is 14.2 Å². The highest BCUT2D eigenvalue weighted by Gasteiger charge is 2.23. The maximum absolute atomic E-state index is 13.0. The number of carbonyl (C=O) groups is 1. The van der Waals surface area contributed by atoms with Gasteiger partial charge in [0.05, 0.1) is 11.4 Å². The number of hydrogen-bond donors (Lipinski definition) is 1. The van der Waals surface area contributed by atoms with E-state index in [1.807, 2.05) is 74.5 Å². The number of aryl methyl sites for hydroxylation is 2. The highest BCUT2D eigenvalue weighted by atomic mass is 16.2. The van der Waals surface area contributed by atoms with Crippen LogP contribution in [-0.2, 0) is 11.2 Å². The van der Waals surface area contributed by atoms with Crippen molar-refractivity contribution < 1.29 is 4.79 Å². The normalized spacial score (nSPS) is 12.1. The second-order valence-electron chi connectivity index (χ2n) is 7.77. The van der Waals surface area contributed by atoms with E-state index in [4.69, 9.17) is 5.10 Å². The van der Waals surface area contributed by atoms with Crippen molar-refractivity contribution >= 4 is 16.9 Å². The van der Waals surface area contributed by atoms with Gasteiger partial charge in [0, 0.05) is 18.0 Å². The Balaban J connectivity index is 1.71. The van der Waals surface area contributed by atoms with Gasteiger partial charge >= 0.3 is 0 Å². The summed E-state index contributed by atoms with van der Waals surface area (Å²) in [4.78, 5) is 26.0. The number of aromatic nitrogens is 3. The van der Waals surface area contributed by atoms with Gasteiger partial charge in [-0.25, -0.2) is 4.68 Å². The molecule has 2 aromatic carbocycles. The van der Waals surface area contributed by atoms with Crippen molar-refractivity contribution in [3.05, 3.63) is 93.9 Å². The minimum Gasteiger partial charge on any atom is -0.354 e. The summed E-state index contributed by atoms with van der Waals surface area (Å²) in [6.45, 7) is 6.09. The topological polar surface area (TPSA) is 68.9 Å². The molecule has 2 aromatic heterocycles. The largest absolute Gasteiger partial charge is 0.354 e. The van der Waals surface area contributed by atoms with E-state index in [9.17, 15) is 9.59 Å². The highest BCUT2D eigenvalue weighted by Crippen LogP contribution is 2.25. The summed E-state index contributed by atoms with van der Waals surface area (Å²) in [5.74, 6) is -0.193. The van der Waals surface area contributed by atoms with Gasteiger partial charge in [-0.2, -0.15) is 5.10 Å². The van der Waals surface area contributed by atoms with Crippen LogP contribution in [-0.4, -0.2) is 26.8 Å². The lowest BCUT2D eigenvalue weighted by Gasteiger charge is -2.18. The predicted molar refractivity (Wildman–Crippen MR) is 123 cm³/mol. The Morgan fingerprint density at radius 1 is 1.03 bits per heavy atom. The lowest BCUT2D eigenvalue weighted by Crippen LogP contribution is -2.37.